The summed E-state index contributed by atoms with van der Waals surface area (Å²) in [4.78, 5) is 17.9. The average Bonchev–Trinajstić information content (AvgIpc) is 3.56. The van der Waals surface area contributed by atoms with Crippen LogP contribution in [0.3, 0.4) is 0 Å². The molecule has 0 aromatic carbocycles. The third-order valence-corrected chi connectivity index (χ3v) is 7.01. The Morgan fingerprint density at radius 3 is 2.78 bits per heavy atom. The molecule has 0 amide bonds. The maximum Gasteiger partial charge on any atom is 0.167 e. The molecular weight excluding hydrogens is 428 g/mol. The first-order chi connectivity index (χ1) is 15.6. The normalized spacial score (nSPS) is 29.9. The third kappa shape index (κ3) is 3.61. The van der Waals surface area contributed by atoms with Crippen molar-refractivity contribution in [3.63, 3.8) is 0 Å². The molecule has 1 saturated carbocycles. The number of aromatic nitrogens is 5. The maximum absolute atomic E-state index is 6.43. The van der Waals surface area contributed by atoms with E-state index in [0.29, 0.717) is 6.04 Å². The van der Waals surface area contributed by atoms with Gasteiger partial charge in [-0.05, 0) is 32.8 Å². The van der Waals surface area contributed by atoms with Crippen LogP contribution in [-0.2, 0) is 14.2 Å². The van der Waals surface area contributed by atoms with Crippen molar-refractivity contribution >= 4 is 34.4 Å². The number of imidazole rings is 1. The third-order valence-electron chi connectivity index (χ3n) is 6.27. The van der Waals surface area contributed by atoms with Gasteiger partial charge in [0.1, 0.15) is 29.6 Å². The summed E-state index contributed by atoms with van der Waals surface area (Å²) in [6, 6.07) is 0.443. The minimum Gasteiger partial charge on any atom is -0.365 e. The Morgan fingerprint density at radius 2 is 1.97 bits per heavy atom. The van der Waals surface area contributed by atoms with E-state index in [1.54, 1.807) is 30.2 Å². The van der Waals surface area contributed by atoms with Crippen molar-refractivity contribution in [1.82, 2.24) is 24.5 Å². The minimum absolute atomic E-state index is 0.235. The van der Waals surface area contributed by atoms with Gasteiger partial charge in [-0.1, -0.05) is 18.9 Å². The molecule has 3 fully saturated rings. The first-order valence-corrected chi connectivity index (χ1v) is 12.0. The van der Waals surface area contributed by atoms with Crippen LogP contribution in [0.2, 0.25) is 0 Å². The van der Waals surface area contributed by atoms with E-state index in [1.807, 2.05) is 35.9 Å². The molecule has 3 aromatic rings. The van der Waals surface area contributed by atoms with Gasteiger partial charge in [-0.3, -0.25) is 4.57 Å². The van der Waals surface area contributed by atoms with Gasteiger partial charge >= 0.3 is 0 Å². The molecule has 32 heavy (non-hydrogen) atoms. The van der Waals surface area contributed by atoms with Crippen LogP contribution < -0.4 is 5.32 Å². The quantitative estimate of drug-likeness (QED) is 0.622. The molecule has 1 N–H and O–H groups in total. The fourth-order valence-corrected chi connectivity index (χ4v) is 5.43. The zero-order valence-electron chi connectivity index (χ0n) is 18.0. The van der Waals surface area contributed by atoms with E-state index >= 15 is 0 Å². The summed E-state index contributed by atoms with van der Waals surface area (Å²) in [5.74, 6) is 0.0879. The number of ether oxygens (including phenoxy) is 3. The van der Waals surface area contributed by atoms with Crippen molar-refractivity contribution < 1.29 is 14.2 Å². The van der Waals surface area contributed by atoms with E-state index in [2.05, 4.69) is 25.3 Å². The predicted octanol–water partition coefficient (Wildman–Crippen LogP) is 3.77. The summed E-state index contributed by atoms with van der Waals surface area (Å²) in [5, 5.41) is 6.43. The van der Waals surface area contributed by atoms with E-state index < -0.39 is 12.0 Å². The van der Waals surface area contributed by atoms with Gasteiger partial charge in [0.25, 0.3) is 0 Å². The predicted molar refractivity (Wildman–Crippen MR) is 120 cm³/mol. The van der Waals surface area contributed by atoms with Gasteiger partial charge in [0.2, 0.25) is 0 Å². The number of rotatable bonds is 5. The number of fused-ring (bicyclic) bond motifs is 2. The molecule has 3 aromatic heterocycles. The van der Waals surface area contributed by atoms with Crippen molar-refractivity contribution in [3.8, 4) is 0 Å². The van der Waals surface area contributed by atoms with Crippen LogP contribution in [0.1, 0.15) is 50.8 Å². The first kappa shape index (κ1) is 20.2. The zero-order chi connectivity index (χ0) is 21.7. The van der Waals surface area contributed by atoms with Crippen LogP contribution in [0.15, 0.2) is 30.3 Å². The Bertz CT molecular complexity index is 1120. The van der Waals surface area contributed by atoms with Crippen molar-refractivity contribution in [1.29, 1.82) is 0 Å². The molecule has 0 spiro atoms. The molecule has 4 atom stereocenters. The fraction of sp³-hybridized carbons (Fsp3) is 0.545. The highest BCUT2D eigenvalue weighted by molar-refractivity contribution is 7.10. The van der Waals surface area contributed by atoms with Crippen molar-refractivity contribution in [3.05, 3.63) is 35.3 Å². The number of nitrogens with one attached hydrogen (secondary N) is 1. The molecule has 10 heteroatoms. The second-order valence-corrected chi connectivity index (χ2v) is 9.88. The Balaban J connectivity index is 1.32. The van der Waals surface area contributed by atoms with Crippen molar-refractivity contribution in [2.45, 2.75) is 75.9 Å². The maximum atomic E-state index is 6.43. The average molecular weight is 455 g/mol. The highest BCUT2D eigenvalue weighted by atomic mass is 32.1. The Kier molecular flexibility index (Phi) is 4.98. The van der Waals surface area contributed by atoms with Gasteiger partial charge in [-0.25, -0.2) is 19.9 Å². The summed E-state index contributed by atoms with van der Waals surface area (Å²) in [6.45, 7) is 3.86. The van der Waals surface area contributed by atoms with Gasteiger partial charge in [-0.15, -0.1) is 11.3 Å². The molecule has 0 bridgehead atoms. The fourth-order valence-electron chi connectivity index (χ4n) is 4.89. The molecule has 1 aliphatic carbocycles. The van der Waals surface area contributed by atoms with Gasteiger partial charge in [0.15, 0.2) is 29.0 Å². The van der Waals surface area contributed by atoms with Crippen LogP contribution >= 0.6 is 11.3 Å². The largest absolute Gasteiger partial charge is 0.365 e. The Labute approximate surface area is 189 Å². The second-order valence-electron chi connectivity index (χ2n) is 8.96. The summed E-state index contributed by atoms with van der Waals surface area (Å²) in [5.41, 5.74) is 1.47. The topological polar surface area (TPSA) is 96.2 Å². The van der Waals surface area contributed by atoms with E-state index in [0.717, 1.165) is 34.8 Å². The lowest BCUT2D eigenvalue weighted by molar-refractivity contribution is -0.191. The summed E-state index contributed by atoms with van der Waals surface area (Å²) < 4.78 is 20.8. The minimum atomic E-state index is -0.689. The van der Waals surface area contributed by atoms with E-state index in [-0.39, 0.29) is 18.3 Å². The molecule has 0 radical (unpaired) electrons. The highest BCUT2D eigenvalue weighted by Crippen LogP contribution is 2.44. The van der Waals surface area contributed by atoms with Crippen molar-refractivity contribution in [2.75, 3.05) is 5.32 Å². The molecule has 168 valence electrons. The second kappa shape index (κ2) is 7.87. The van der Waals surface area contributed by atoms with Gasteiger partial charge in [0.05, 0.1) is 6.33 Å². The van der Waals surface area contributed by atoms with Crippen LogP contribution in [0.25, 0.3) is 17.2 Å². The van der Waals surface area contributed by atoms with E-state index in [4.69, 9.17) is 14.2 Å². The molecule has 2 aliphatic heterocycles. The van der Waals surface area contributed by atoms with Gasteiger partial charge in [-0.2, -0.15) is 0 Å². The number of anilines is 1. The number of hydrogen-bond acceptors (Lipinski definition) is 9. The van der Waals surface area contributed by atoms with Crippen LogP contribution in [0.5, 0.6) is 0 Å². The number of nitrogens with zero attached hydrogens (tertiary/aromatic N) is 5. The molecule has 5 heterocycles. The van der Waals surface area contributed by atoms with Crippen LogP contribution in [-0.4, -0.2) is 54.6 Å². The summed E-state index contributed by atoms with van der Waals surface area (Å²) in [7, 11) is 0. The standard InChI is InChI=1S/C22H26N6O3S/c1-22(2)30-17-14(7-8-15-23-9-10-32-15)29-21(18(17)31-22)28-12-26-16-19(24-11-25-20(16)28)27-13-5-3-4-6-13/h7-14,17-18,21H,3-6H2,1-2H3,(H,24,25,27)/t14-,17-,18-,21-/m1/s1. The zero-order valence-corrected chi connectivity index (χ0v) is 18.9. The Hall–Kier alpha value is -2.40. The summed E-state index contributed by atoms with van der Waals surface area (Å²) >= 11 is 1.58. The molecule has 3 aliphatic rings. The monoisotopic (exact) mass is 454 g/mol. The number of thiazole rings is 1. The smallest absolute Gasteiger partial charge is 0.167 e. The lowest BCUT2D eigenvalue weighted by Crippen LogP contribution is -2.28. The Morgan fingerprint density at radius 1 is 1.12 bits per heavy atom. The molecule has 2 saturated heterocycles. The van der Waals surface area contributed by atoms with Crippen LogP contribution in [0, 0.1) is 0 Å². The molecule has 9 nitrogen and oxygen atoms in total. The van der Waals surface area contributed by atoms with E-state index in [1.165, 1.54) is 12.8 Å². The highest BCUT2D eigenvalue weighted by Gasteiger charge is 2.55. The summed E-state index contributed by atoms with van der Waals surface area (Å²) in [6.07, 6.45) is 12.7. The number of hydrogen-bond donors (Lipinski definition) is 1. The molecular formula is C22H26N6O3S. The lowest BCUT2D eigenvalue weighted by atomic mass is 10.1. The van der Waals surface area contributed by atoms with Gasteiger partial charge < -0.3 is 19.5 Å². The van der Waals surface area contributed by atoms with Crippen LogP contribution in [0.4, 0.5) is 5.82 Å². The molecule has 0 unspecified atom stereocenters. The van der Waals surface area contributed by atoms with Crippen molar-refractivity contribution in [2.24, 2.45) is 0 Å². The lowest BCUT2D eigenvalue weighted by Gasteiger charge is -2.24. The molecule has 6 rings (SSSR count). The van der Waals surface area contributed by atoms with Gasteiger partial charge in [0, 0.05) is 17.6 Å². The SMILES string of the molecule is CC1(C)O[C@@H]2[C@H](O1)[C@@H](C=Cc1nccs1)O[C@H]2n1cnc2c(NC3CCCC3)ncnc21. The van der Waals surface area contributed by atoms with E-state index in [9.17, 15) is 0 Å². The first-order valence-electron chi connectivity index (χ1n) is 11.1.